The van der Waals surface area contributed by atoms with Crippen LogP contribution < -0.4 is 5.73 Å². The molecule has 0 unspecified atom stereocenters. The summed E-state index contributed by atoms with van der Waals surface area (Å²) in [6.07, 6.45) is 6.26. The van der Waals surface area contributed by atoms with Crippen LogP contribution in [-0.2, 0) is 4.79 Å². The van der Waals surface area contributed by atoms with Crippen molar-refractivity contribution >= 4 is 5.91 Å². The average Bonchev–Trinajstić information content (AvgIpc) is 2.93. The maximum absolute atomic E-state index is 12.5. The van der Waals surface area contributed by atoms with E-state index in [1.54, 1.807) is 0 Å². The van der Waals surface area contributed by atoms with Crippen molar-refractivity contribution in [1.29, 1.82) is 0 Å². The van der Waals surface area contributed by atoms with Crippen molar-refractivity contribution in [1.82, 2.24) is 4.90 Å². The molecule has 1 aromatic carbocycles. The normalized spacial score (nSPS) is 26.4. The van der Waals surface area contributed by atoms with Crippen LogP contribution in [0.1, 0.15) is 55.6 Å². The topological polar surface area (TPSA) is 46.3 Å². The minimum absolute atomic E-state index is 0.244. The molecule has 1 saturated carbocycles. The molecule has 120 valence electrons. The van der Waals surface area contributed by atoms with Gasteiger partial charge in [0, 0.05) is 25.6 Å². The highest BCUT2D eigenvalue weighted by Crippen LogP contribution is 2.32. The summed E-state index contributed by atoms with van der Waals surface area (Å²) in [7, 11) is 0. The molecule has 2 atom stereocenters. The smallest absolute Gasteiger partial charge is 0.222 e. The highest BCUT2D eigenvalue weighted by molar-refractivity contribution is 5.76. The molecule has 1 saturated heterocycles. The van der Waals surface area contributed by atoms with Crippen LogP contribution in [0.2, 0.25) is 0 Å². The van der Waals surface area contributed by atoms with Gasteiger partial charge in [-0.3, -0.25) is 4.79 Å². The van der Waals surface area contributed by atoms with Crippen molar-refractivity contribution in [2.45, 2.75) is 57.4 Å². The molecule has 3 rings (SSSR count). The van der Waals surface area contributed by atoms with Crippen molar-refractivity contribution in [3.05, 3.63) is 35.4 Å². The molecule has 3 heteroatoms. The predicted octanol–water partition coefficient (Wildman–Crippen LogP) is 3.22. The molecule has 22 heavy (non-hydrogen) atoms. The van der Waals surface area contributed by atoms with E-state index in [9.17, 15) is 4.79 Å². The molecule has 1 amide bonds. The lowest BCUT2D eigenvalue weighted by Gasteiger charge is -2.33. The van der Waals surface area contributed by atoms with Crippen LogP contribution >= 0.6 is 0 Å². The summed E-state index contributed by atoms with van der Waals surface area (Å²) in [5.41, 5.74) is 8.94. The van der Waals surface area contributed by atoms with Gasteiger partial charge in [0.15, 0.2) is 0 Å². The Balaban J connectivity index is 1.53. The van der Waals surface area contributed by atoms with Crippen LogP contribution in [0.15, 0.2) is 24.3 Å². The first-order valence-corrected chi connectivity index (χ1v) is 8.74. The molecule has 1 heterocycles. The Morgan fingerprint density at radius 2 is 1.91 bits per heavy atom. The number of rotatable bonds is 3. The summed E-state index contributed by atoms with van der Waals surface area (Å²) in [4.78, 5) is 14.5. The van der Waals surface area contributed by atoms with E-state index >= 15 is 0 Å². The molecule has 0 aromatic heterocycles. The number of nitrogens with zero attached hydrogens (tertiary/aromatic N) is 1. The molecule has 0 spiro atoms. The quantitative estimate of drug-likeness (QED) is 0.931. The van der Waals surface area contributed by atoms with Crippen LogP contribution in [0.4, 0.5) is 0 Å². The average molecular weight is 300 g/mol. The van der Waals surface area contributed by atoms with Gasteiger partial charge in [0.25, 0.3) is 0 Å². The Kier molecular flexibility index (Phi) is 4.82. The van der Waals surface area contributed by atoms with E-state index in [-0.39, 0.29) is 6.04 Å². The second-order valence-corrected chi connectivity index (χ2v) is 7.07. The highest BCUT2D eigenvalue weighted by Gasteiger charge is 2.30. The second-order valence-electron chi connectivity index (χ2n) is 7.07. The molecule has 3 nitrogen and oxygen atoms in total. The zero-order chi connectivity index (χ0) is 15.5. The van der Waals surface area contributed by atoms with Crippen LogP contribution in [0.3, 0.4) is 0 Å². The predicted molar refractivity (Wildman–Crippen MR) is 89.7 cm³/mol. The largest absolute Gasteiger partial charge is 0.343 e. The number of likely N-dealkylation sites (tertiary alicyclic amines) is 1. The number of hydrogen-bond donors (Lipinski definition) is 1. The molecule has 1 aliphatic heterocycles. The fourth-order valence-corrected chi connectivity index (χ4v) is 4.16. The van der Waals surface area contributed by atoms with Gasteiger partial charge in [0.1, 0.15) is 0 Å². The van der Waals surface area contributed by atoms with Crippen molar-refractivity contribution in [2.24, 2.45) is 11.7 Å². The number of aryl methyl sites for hydroxylation is 1. The minimum Gasteiger partial charge on any atom is -0.343 e. The molecular weight excluding hydrogens is 272 g/mol. The number of hydrogen-bond acceptors (Lipinski definition) is 2. The van der Waals surface area contributed by atoms with Crippen molar-refractivity contribution < 1.29 is 4.79 Å². The lowest BCUT2D eigenvalue weighted by molar-refractivity contribution is -0.133. The Hall–Kier alpha value is -1.35. The standard InChI is InChI=1S/C19H28N2O/c1-14-5-2-3-7-17(14)15-9-11-21(12-10-15)19(22)13-16-6-4-8-18(16)20/h2-3,5,7,15-16,18H,4,6,8-13,20H2,1H3/t16-,18+/m0/s1. The van der Waals surface area contributed by atoms with Crippen LogP contribution in [0.5, 0.6) is 0 Å². The number of nitrogens with two attached hydrogens (primary N) is 1. The molecule has 0 bridgehead atoms. The van der Waals surface area contributed by atoms with Gasteiger partial charge in [0.2, 0.25) is 5.91 Å². The van der Waals surface area contributed by atoms with Crippen molar-refractivity contribution in [3.8, 4) is 0 Å². The zero-order valence-corrected chi connectivity index (χ0v) is 13.6. The summed E-state index contributed by atoms with van der Waals surface area (Å²) in [5, 5.41) is 0. The molecule has 1 aliphatic carbocycles. The van der Waals surface area contributed by atoms with Crippen molar-refractivity contribution in [2.75, 3.05) is 13.1 Å². The Morgan fingerprint density at radius 3 is 2.55 bits per heavy atom. The lowest BCUT2D eigenvalue weighted by atomic mass is 9.86. The summed E-state index contributed by atoms with van der Waals surface area (Å²) >= 11 is 0. The third kappa shape index (κ3) is 3.35. The number of carbonyl (C=O) groups is 1. The highest BCUT2D eigenvalue weighted by atomic mass is 16.2. The second kappa shape index (κ2) is 6.82. The third-order valence-corrected chi connectivity index (χ3v) is 5.63. The number of amides is 1. The number of carbonyl (C=O) groups excluding carboxylic acids is 1. The van der Waals surface area contributed by atoms with Crippen molar-refractivity contribution in [3.63, 3.8) is 0 Å². The first kappa shape index (κ1) is 15.5. The first-order chi connectivity index (χ1) is 10.6. The third-order valence-electron chi connectivity index (χ3n) is 5.63. The van der Waals surface area contributed by atoms with E-state index in [1.165, 1.54) is 17.5 Å². The molecule has 1 aromatic rings. The maximum atomic E-state index is 12.5. The van der Waals surface area contributed by atoms with E-state index in [4.69, 9.17) is 5.73 Å². The van der Waals surface area contributed by atoms with Gasteiger partial charge in [-0.05, 0) is 55.6 Å². The minimum atomic E-state index is 0.244. The summed E-state index contributed by atoms with van der Waals surface area (Å²) in [6, 6.07) is 8.90. The van der Waals surface area contributed by atoms with E-state index in [1.807, 2.05) is 0 Å². The summed E-state index contributed by atoms with van der Waals surface area (Å²) in [6.45, 7) is 3.99. The van der Waals surface area contributed by atoms with Gasteiger partial charge in [-0.15, -0.1) is 0 Å². The van der Waals surface area contributed by atoms with Gasteiger partial charge in [-0.2, -0.15) is 0 Å². The lowest BCUT2D eigenvalue weighted by Crippen LogP contribution is -2.40. The molecule has 2 N–H and O–H groups in total. The van der Waals surface area contributed by atoms with Gasteiger partial charge < -0.3 is 10.6 Å². The van der Waals surface area contributed by atoms with Crippen LogP contribution in [-0.4, -0.2) is 29.9 Å². The molecule has 2 aliphatic rings. The fraction of sp³-hybridized carbons (Fsp3) is 0.632. The zero-order valence-electron chi connectivity index (χ0n) is 13.6. The maximum Gasteiger partial charge on any atom is 0.222 e. The Bertz CT molecular complexity index is 520. The summed E-state index contributed by atoms with van der Waals surface area (Å²) < 4.78 is 0. The summed E-state index contributed by atoms with van der Waals surface area (Å²) in [5.74, 6) is 1.35. The molecular formula is C19H28N2O. The number of benzene rings is 1. The van der Waals surface area contributed by atoms with Gasteiger partial charge in [0.05, 0.1) is 0 Å². The first-order valence-electron chi connectivity index (χ1n) is 8.74. The van der Waals surface area contributed by atoms with E-state index in [2.05, 4.69) is 36.1 Å². The van der Waals surface area contributed by atoms with E-state index in [0.29, 0.717) is 24.2 Å². The fourth-order valence-electron chi connectivity index (χ4n) is 4.16. The van der Waals surface area contributed by atoms with E-state index in [0.717, 1.165) is 38.8 Å². The van der Waals surface area contributed by atoms with Crippen LogP contribution in [0, 0.1) is 12.8 Å². The monoisotopic (exact) mass is 300 g/mol. The Morgan fingerprint density at radius 1 is 1.18 bits per heavy atom. The van der Waals surface area contributed by atoms with E-state index < -0.39 is 0 Å². The number of piperidine rings is 1. The van der Waals surface area contributed by atoms with Gasteiger partial charge >= 0.3 is 0 Å². The molecule has 0 radical (unpaired) electrons. The molecule has 2 fully saturated rings. The Labute approximate surface area is 133 Å². The van der Waals surface area contributed by atoms with Crippen LogP contribution in [0.25, 0.3) is 0 Å². The SMILES string of the molecule is Cc1ccccc1C1CCN(C(=O)C[C@@H]2CCC[C@H]2N)CC1. The van der Waals surface area contributed by atoms with Gasteiger partial charge in [-0.25, -0.2) is 0 Å². The van der Waals surface area contributed by atoms with Gasteiger partial charge in [-0.1, -0.05) is 30.7 Å².